The summed E-state index contributed by atoms with van der Waals surface area (Å²) in [6.07, 6.45) is 1.47. The Balaban J connectivity index is 2.02. The van der Waals surface area contributed by atoms with Crippen LogP contribution in [0.2, 0.25) is 0 Å². The van der Waals surface area contributed by atoms with Crippen LogP contribution in [0.15, 0.2) is 58.8 Å². The Morgan fingerprint density at radius 2 is 1.06 bits per heavy atom. The molecule has 5 aromatic rings. The zero-order chi connectivity index (χ0) is 21.7. The van der Waals surface area contributed by atoms with Crippen LogP contribution in [0.25, 0.3) is 49.2 Å². The minimum Gasteiger partial charge on any atom is -0.219 e. The third kappa shape index (κ3) is 2.24. The van der Waals surface area contributed by atoms with Crippen molar-refractivity contribution in [1.82, 2.24) is 0 Å². The fraction of sp³-hybridized carbons (Fsp3) is 0. The first kappa shape index (κ1) is 18.3. The monoisotopic (exact) mass is 438 g/mol. The van der Waals surface area contributed by atoms with Gasteiger partial charge in [0.15, 0.2) is 23.3 Å². The van der Waals surface area contributed by atoms with Crippen molar-refractivity contribution in [2.75, 3.05) is 0 Å². The maximum atomic E-state index is 15.0. The van der Waals surface area contributed by atoms with E-state index in [1.165, 1.54) is 18.2 Å². The second-order valence-corrected chi connectivity index (χ2v) is 9.27. The van der Waals surface area contributed by atoms with E-state index in [0.717, 1.165) is 5.41 Å². The number of hydrogen-bond acceptors (Lipinski definition) is 2. The van der Waals surface area contributed by atoms with Crippen LogP contribution in [0.1, 0.15) is 5.56 Å². The molecule has 0 saturated carbocycles. The minimum atomic E-state index is -3.76. The van der Waals surface area contributed by atoms with Crippen molar-refractivity contribution in [3.05, 3.63) is 82.8 Å². The lowest BCUT2D eigenvalue weighted by Gasteiger charge is -2.14. The normalized spacial score (nSPS) is 14.8. The smallest absolute Gasteiger partial charge is 0.201 e. The van der Waals surface area contributed by atoms with Gasteiger partial charge in [-0.1, -0.05) is 48.5 Å². The SMILES string of the molecule is O=S1(=O)C=Cc2ccc3ccc4ccc5ccc6c(F)c(F)c(F)c(F)c6c5c4c3c21. The molecule has 6 rings (SSSR count). The van der Waals surface area contributed by atoms with Gasteiger partial charge in [-0.05, 0) is 33.2 Å². The minimum absolute atomic E-state index is 0.0589. The van der Waals surface area contributed by atoms with E-state index in [9.17, 15) is 21.6 Å². The van der Waals surface area contributed by atoms with E-state index in [1.807, 2.05) is 0 Å². The van der Waals surface area contributed by atoms with E-state index < -0.39 is 43.9 Å². The van der Waals surface area contributed by atoms with E-state index in [1.54, 1.807) is 36.4 Å². The third-order valence-electron chi connectivity index (χ3n) is 5.88. The van der Waals surface area contributed by atoms with Crippen molar-refractivity contribution >= 4 is 59.0 Å². The summed E-state index contributed by atoms with van der Waals surface area (Å²) >= 11 is 0. The molecule has 0 amide bonds. The molecule has 0 fully saturated rings. The van der Waals surface area contributed by atoms with Crippen LogP contribution in [0.3, 0.4) is 0 Å². The summed E-state index contributed by atoms with van der Waals surface area (Å²) < 4.78 is 83.2. The first-order chi connectivity index (χ1) is 14.8. The molecular formula is C24H10F4O2S. The van der Waals surface area contributed by atoms with Crippen molar-refractivity contribution in [2.24, 2.45) is 0 Å². The molecule has 5 aromatic carbocycles. The lowest BCUT2D eigenvalue weighted by atomic mass is 9.91. The van der Waals surface area contributed by atoms with Crippen molar-refractivity contribution in [1.29, 1.82) is 0 Å². The summed E-state index contributed by atoms with van der Waals surface area (Å²) in [6.45, 7) is 0. The van der Waals surface area contributed by atoms with E-state index in [-0.39, 0.29) is 10.3 Å². The molecule has 1 aliphatic rings. The highest BCUT2D eigenvalue weighted by molar-refractivity contribution is 7.95. The number of rotatable bonds is 0. The Labute approximate surface area is 172 Å². The molecule has 0 unspecified atom stereocenters. The van der Waals surface area contributed by atoms with Crippen molar-refractivity contribution in [3.8, 4) is 0 Å². The summed E-state index contributed by atoms with van der Waals surface area (Å²) in [7, 11) is -3.76. The average Bonchev–Trinajstić information content (AvgIpc) is 3.09. The van der Waals surface area contributed by atoms with Gasteiger partial charge in [-0.25, -0.2) is 26.0 Å². The number of benzene rings is 5. The van der Waals surface area contributed by atoms with Crippen LogP contribution in [0.5, 0.6) is 0 Å². The van der Waals surface area contributed by atoms with Gasteiger partial charge in [-0.15, -0.1) is 0 Å². The van der Waals surface area contributed by atoms with Crippen LogP contribution in [0.4, 0.5) is 17.6 Å². The number of fused-ring (bicyclic) bond motifs is 9. The summed E-state index contributed by atoms with van der Waals surface area (Å²) in [5.41, 5.74) is 0.473. The lowest BCUT2D eigenvalue weighted by molar-refractivity contribution is 0.418. The first-order valence-electron chi connectivity index (χ1n) is 9.29. The van der Waals surface area contributed by atoms with Crippen LogP contribution in [-0.2, 0) is 9.84 Å². The molecule has 0 N–H and O–H groups in total. The molecular weight excluding hydrogens is 428 g/mol. The van der Waals surface area contributed by atoms with Gasteiger partial charge in [0.05, 0.1) is 4.90 Å². The summed E-state index contributed by atoms with van der Waals surface area (Å²) in [5.74, 6) is -6.80. The van der Waals surface area contributed by atoms with Crippen LogP contribution in [0, 0.1) is 23.3 Å². The standard InChI is InChI=1S/C24H10F4O2S/c25-20-15-8-7-12-2-1-11-3-4-13-5-6-14-9-10-31(29,30)24(14)18(13)16(11)17(12)19(15)21(26)23(28)22(20)27/h1-10H. The molecule has 1 heterocycles. The van der Waals surface area contributed by atoms with Gasteiger partial charge in [0.1, 0.15) is 0 Å². The topological polar surface area (TPSA) is 34.1 Å². The van der Waals surface area contributed by atoms with Crippen molar-refractivity contribution < 1.29 is 26.0 Å². The summed E-state index contributed by atoms with van der Waals surface area (Å²) in [5, 5.41) is 2.64. The number of sulfone groups is 1. The Morgan fingerprint density at radius 3 is 1.74 bits per heavy atom. The van der Waals surface area contributed by atoms with Crippen molar-refractivity contribution in [3.63, 3.8) is 0 Å². The summed E-state index contributed by atoms with van der Waals surface area (Å²) in [6, 6.07) is 12.9. The highest BCUT2D eigenvalue weighted by Gasteiger charge is 2.27. The molecule has 2 nitrogen and oxygen atoms in total. The van der Waals surface area contributed by atoms with E-state index >= 15 is 4.39 Å². The van der Waals surface area contributed by atoms with Crippen LogP contribution >= 0.6 is 0 Å². The molecule has 0 atom stereocenters. The van der Waals surface area contributed by atoms with Gasteiger partial charge in [0.25, 0.3) is 0 Å². The fourth-order valence-electron chi connectivity index (χ4n) is 4.53. The predicted octanol–water partition coefficient (Wildman–Crippen LogP) is 6.61. The quantitative estimate of drug-likeness (QED) is 0.118. The van der Waals surface area contributed by atoms with E-state index in [2.05, 4.69) is 0 Å². The predicted molar refractivity (Wildman–Crippen MR) is 113 cm³/mol. The number of halogens is 4. The Morgan fingerprint density at radius 1 is 0.548 bits per heavy atom. The van der Waals surface area contributed by atoms with Gasteiger partial charge in [0.2, 0.25) is 9.84 Å². The average molecular weight is 438 g/mol. The largest absolute Gasteiger partial charge is 0.219 e. The molecule has 0 aliphatic carbocycles. The molecule has 152 valence electrons. The fourth-order valence-corrected chi connectivity index (χ4v) is 5.96. The van der Waals surface area contributed by atoms with Crippen LogP contribution < -0.4 is 0 Å². The first-order valence-corrected chi connectivity index (χ1v) is 10.8. The van der Waals surface area contributed by atoms with Gasteiger partial charge in [-0.3, -0.25) is 0 Å². The molecule has 31 heavy (non-hydrogen) atoms. The lowest BCUT2D eigenvalue weighted by Crippen LogP contribution is -2.00. The Hall–Kier alpha value is -3.45. The third-order valence-corrected chi connectivity index (χ3v) is 7.38. The van der Waals surface area contributed by atoms with Gasteiger partial charge < -0.3 is 0 Å². The zero-order valence-electron chi connectivity index (χ0n) is 15.5. The Bertz CT molecular complexity index is 1780. The highest BCUT2D eigenvalue weighted by atomic mass is 32.2. The maximum absolute atomic E-state index is 15.0. The highest BCUT2D eigenvalue weighted by Crippen LogP contribution is 2.43. The molecule has 0 spiro atoms. The molecule has 1 aliphatic heterocycles. The Kier molecular flexibility index (Phi) is 3.44. The molecule has 0 aromatic heterocycles. The van der Waals surface area contributed by atoms with Crippen molar-refractivity contribution in [2.45, 2.75) is 4.90 Å². The van der Waals surface area contributed by atoms with E-state index in [0.29, 0.717) is 32.5 Å². The molecule has 0 saturated heterocycles. The molecule has 0 radical (unpaired) electrons. The van der Waals surface area contributed by atoms with Crippen LogP contribution in [-0.4, -0.2) is 8.42 Å². The molecule has 7 heteroatoms. The molecule has 0 bridgehead atoms. The second kappa shape index (κ2) is 5.82. The van der Waals surface area contributed by atoms with Gasteiger partial charge in [-0.2, -0.15) is 0 Å². The van der Waals surface area contributed by atoms with E-state index in [4.69, 9.17) is 0 Å². The maximum Gasteiger partial charge on any atom is 0.201 e. The summed E-state index contributed by atoms with van der Waals surface area (Å²) in [4.78, 5) is 0.0589. The van der Waals surface area contributed by atoms with Gasteiger partial charge in [0, 0.05) is 27.0 Å². The zero-order valence-corrected chi connectivity index (χ0v) is 16.3. The second-order valence-electron chi connectivity index (χ2n) is 7.50. The van der Waals surface area contributed by atoms with Gasteiger partial charge >= 0.3 is 0 Å². The number of hydrogen-bond donors (Lipinski definition) is 0.